The van der Waals surface area contributed by atoms with Crippen LogP contribution in [0, 0.1) is 11.7 Å². The molecule has 0 bridgehead atoms. The van der Waals surface area contributed by atoms with Crippen molar-refractivity contribution in [3.05, 3.63) is 64.4 Å². The van der Waals surface area contributed by atoms with Crippen LogP contribution in [0.1, 0.15) is 31.4 Å². The van der Waals surface area contributed by atoms with Gasteiger partial charge >= 0.3 is 0 Å². The van der Waals surface area contributed by atoms with Crippen LogP contribution in [-0.4, -0.2) is 29.0 Å². The number of nitrogens with zero attached hydrogens (tertiary/aromatic N) is 2. The molecule has 7 heteroatoms. The minimum atomic E-state index is -1.08. The van der Waals surface area contributed by atoms with Crippen molar-refractivity contribution >= 4 is 40.9 Å². The Balaban J connectivity index is 1.77. The predicted molar refractivity (Wildman–Crippen MR) is 114 cm³/mol. The van der Waals surface area contributed by atoms with E-state index in [0.717, 1.165) is 16.8 Å². The van der Waals surface area contributed by atoms with Crippen molar-refractivity contribution in [1.29, 1.82) is 0 Å². The normalized spacial score (nSPS) is 20.8. The minimum Gasteiger partial charge on any atom is -0.315 e. The number of thioether (sulfide) groups is 1. The SMILES string of the molecule is CC(C)CC(=O)N1CCS[C@@]12C(=O)N(Cc1ccc(F)cc1)c1ccc(Cl)cc12. The average molecular weight is 433 g/mol. The van der Waals surface area contributed by atoms with Crippen molar-refractivity contribution in [3.8, 4) is 0 Å². The molecule has 2 aliphatic heterocycles. The standard InChI is InChI=1S/C22H22ClFN2O2S/c1-14(2)11-20(27)26-9-10-29-22(26)18-12-16(23)5-8-19(18)25(21(22)28)13-15-3-6-17(24)7-4-15/h3-8,12,14H,9-11,13H2,1-2H3/t22-/m0/s1. The van der Waals surface area contributed by atoms with Gasteiger partial charge in [-0.1, -0.05) is 37.6 Å². The third-order valence-corrected chi connectivity index (χ3v) is 6.95. The summed E-state index contributed by atoms with van der Waals surface area (Å²) in [4.78, 5) is 29.1. The number of benzene rings is 2. The van der Waals surface area contributed by atoms with Crippen LogP contribution in [0.2, 0.25) is 5.02 Å². The molecule has 0 N–H and O–H groups in total. The van der Waals surface area contributed by atoms with Crippen molar-refractivity contribution in [1.82, 2.24) is 4.90 Å². The van der Waals surface area contributed by atoms with E-state index in [-0.39, 0.29) is 23.5 Å². The number of hydrogen-bond acceptors (Lipinski definition) is 3. The van der Waals surface area contributed by atoms with Crippen molar-refractivity contribution in [2.45, 2.75) is 31.7 Å². The van der Waals surface area contributed by atoms with Gasteiger partial charge in [0.2, 0.25) is 5.91 Å². The highest BCUT2D eigenvalue weighted by atomic mass is 35.5. The molecule has 2 aromatic rings. The average Bonchev–Trinajstić information content (AvgIpc) is 3.20. The molecule has 4 rings (SSSR count). The van der Waals surface area contributed by atoms with E-state index in [1.165, 1.54) is 23.9 Å². The van der Waals surface area contributed by atoms with E-state index in [1.54, 1.807) is 34.1 Å². The Morgan fingerprint density at radius 1 is 1.24 bits per heavy atom. The van der Waals surface area contributed by atoms with Gasteiger partial charge < -0.3 is 9.80 Å². The zero-order chi connectivity index (χ0) is 20.8. The summed E-state index contributed by atoms with van der Waals surface area (Å²) in [5.74, 6) is 0.413. The largest absolute Gasteiger partial charge is 0.315 e. The first-order valence-electron chi connectivity index (χ1n) is 9.64. The fourth-order valence-electron chi connectivity index (χ4n) is 4.03. The molecule has 0 unspecified atom stereocenters. The second kappa shape index (κ2) is 7.65. The fraction of sp³-hybridized carbons (Fsp3) is 0.364. The van der Waals surface area contributed by atoms with Gasteiger partial charge in [0, 0.05) is 29.3 Å². The molecule has 152 valence electrons. The van der Waals surface area contributed by atoms with Crippen LogP contribution in [0.4, 0.5) is 10.1 Å². The molecule has 2 amide bonds. The summed E-state index contributed by atoms with van der Waals surface area (Å²) in [6, 6.07) is 11.5. The first-order valence-corrected chi connectivity index (χ1v) is 11.0. The highest BCUT2D eigenvalue weighted by molar-refractivity contribution is 8.01. The van der Waals surface area contributed by atoms with Crippen molar-refractivity contribution in [2.24, 2.45) is 5.92 Å². The quantitative estimate of drug-likeness (QED) is 0.696. The van der Waals surface area contributed by atoms with Crippen molar-refractivity contribution < 1.29 is 14.0 Å². The summed E-state index contributed by atoms with van der Waals surface area (Å²) in [5, 5.41) is 0.531. The molecule has 1 saturated heterocycles. The first-order chi connectivity index (χ1) is 13.8. The lowest BCUT2D eigenvalue weighted by Gasteiger charge is -2.33. The lowest BCUT2D eigenvalue weighted by molar-refractivity contribution is -0.140. The van der Waals surface area contributed by atoms with Crippen LogP contribution in [0.5, 0.6) is 0 Å². The molecule has 2 aromatic carbocycles. The molecule has 1 fully saturated rings. The number of carbonyl (C=O) groups is 2. The van der Waals surface area contributed by atoms with Gasteiger partial charge in [0.25, 0.3) is 5.91 Å². The van der Waals surface area contributed by atoms with Gasteiger partial charge in [0.15, 0.2) is 4.87 Å². The number of fused-ring (bicyclic) bond motifs is 2. The minimum absolute atomic E-state index is 0.0205. The third kappa shape index (κ3) is 3.42. The van der Waals surface area contributed by atoms with Crippen LogP contribution in [-0.2, 0) is 21.0 Å². The third-order valence-electron chi connectivity index (χ3n) is 5.29. The molecule has 0 aromatic heterocycles. The topological polar surface area (TPSA) is 40.6 Å². The van der Waals surface area contributed by atoms with E-state index in [2.05, 4.69) is 0 Å². The first kappa shape index (κ1) is 20.2. The van der Waals surface area contributed by atoms with Gasteiger partial charge in [-0.15, -0.1) is 11.8 Å². The van der Waals surface area contributed by atoms with Crippen molar-refractivity contribution in [2.75, 3.05) is 17.2 Å². The van der Waals surface area contributed by atoms with Crippen LogP contribution in [0.3, 0.4) is 0 Å². The Kier molecular flexibility index (Phi) is 5.34. The highest BCUT2D eigenvalue weighted by Gasteiger charge is 2.59. The second-order valence-electron chi connectivity index (χ2n) is 7.82. The summed E-state index contributed by atoms with van der Waals surface area (Å²) in [5.41, 5.74) is 2.33. The Bertz CT molecular complexity index is 966. The Morgan fingerprint density at radius 3 is 2.66 bits per heavy atom. The van der Waals surface area contributed by atoms with E-state index < -0.39 is 4.87 Å². The Morgan fingerprint density at radius 2 is 1.97 bits per heavy atom. The molecule has 0 saturated carbocycles. The maximum Gasteiger partial charge on any atom is 0.268 e. The summed E-state index contributed by atoms with van der Waals surface area (Å²) >= 11 is 7.77. The van der Waals surface area contributed by atoms with Crippen LogP contribution < -0.4 is 4.90 Å². The second-order valence-corrected chi connectivity index (χ2v) is 9.54. The summed E-state index contributed by atoms with van der Waals surface area (Å²) in [6.07, 6.45) is 0.392. The van der Waals surface area contributed by atoms with Crippen LogP contribution >= 0.6 is 23.4 Å². The van der Waals surface area contributed by atoms with Gasteiger partial charge in [-0.25, -0.2) is 4.39 Å². The van der Waals surface area contributed by atoms with Gasteiger partial charge in [-0.3, -0.25) is 9.59 Å². The lowest BCUT2D eigenvalue weighted by atomic mass is 10.0. The van der Waals surface area contributed by atoms with E-state index in [1.807, 2.05) is 19.9 Å². The van der Waals surface area contributed by atoms with Gasteiger partial charge in [-0.2, -0.15) is 0 Å². The predicted octanol–water partition coefficient (Wildman–Crippen LogP) is 4.80. The van der Waals surface area contributed by atoms with Crippen LogP contribution in [0.15, 0.2) is 42.5 Å². The van der Waals surface area contributed by atoms with E-state index in [4.69, 9.17) is 11.6 Å². The molecule has 1 spiro atoms. The summed E-state index contributed by atoms with van der Waals surface area (Å²) in [6.45, 7) is 4.83. The number of anilines is 1. The smallest absolute Gasteiger partial charge is 0.268 e. The number of halogens is 2. The highest BCUT2D eigenvalue weighted by Crippen LogP contribution is 2.55. The summed E-state index contributed by atoms with van der Waals surface area (Å²) < 4.78 is 13.3. The van der Waals surface area contributed by atoms with Crippen molar-refractivity contribution in [3.63, 3.8) is 0 Å². The molecule has 0 aliphatic carbocycles. The van der Waals surface area contributed by atoms with Crippen LogP contribution in [0.25, 0.3) is 0 Å². The van der Waals surface area contributed by atoms with Gasteiger partial charge in [0.05, 0.1) is 12.2 Å². The van der Waals surface area contributed by atoms with E-state index in [9.17, 15) is 14.0 Å². The number of rotatable bonds is 4. The number of hydrogen-bond donors (Lipinski definition) is 0. The Labute approximate surface area is 179 Å². The zero-order valence-electron chi connectivity index (χ0n) is 16.3. The molecule has 4 nitrogen and oxygen atoms in total. The monoisotopic (exact) mass is 432 g/mol. The molecular weight excluding hydrogens is 411 g/mol. The maximum atomic E-state index is 13.8. The van der Waals surface area contributed by atoms with E-state index in [0.29, 0.717) is 30.3 Å². The molecular formula is C22H22ClFN2O2S. The molecule has 0 radical (unpaired) electrons. The van der Waals surface area contributed by atoms with E-state index >= 15 is 0 Å². The Hall–Kier alpha value is -2.05. The van der Waals surface area contributed by atoms with Gasteiger partial charge in [0.1, 0.15) is 5.82 Å². The number of amides is 2. The number of carbonyl (C=O) groups excluding carboxylic acids is 2. The fourth-order valence-corrected chi connectivity index (χ4v) is 5.68. The molecule has 2 aliphatic rings. The maximum absolute atomic E-state index is 13.8. The molecule has 2 heterocycles. The molecule has 29 heavy (non-hydrogen) atoms. The summed E-state index contributed by atoms with van der Waals surface area (Å²) in [7, 11) is 0. The lowest BCUT2D eigenvalue weighted by Crippen LogP contribution is -2.50. The molecule has 1 atom stereocenters. The zero-order valence-corrected chi connectivity index (χ0v) is 17.9. The van der Waals surface area contributed by atoms with Gasteiger partial charge in [-0.05, 0) is 41.8 Å².